The van der Waals surface area contributed by atoms with Gasteiger partial charge < -0.3 is 20.5 Å². The summed E-state index contributed by atoms with van der Waals surface area (Å²) in [6.45, 7) is 1.15. The van der Waals surface area contributed by atoms with Gasteiger partial charge in [-0.1, -0.05) is 20.9 Å². The molecule has 0 saturated carbocycles. The standard InChI is InChI=1S/C8H13BrN4O3/c9-2-3-10-5-7-6(1-4-14)11-8(12-7)13(15)16/h10,14H,1-5H2,(H,11,12). The molecule has 0 unspecified atom stereocenters. The van der Waals surface area contributed by atoms with Gasteiger partial charge in [-0.05, 0) is 4.92 Å². The highest BCUT2D eigenvalue weighted by atomic mass is 79.9. The lowest BCUT2D eigenvalue weighted by molar-refractivity contribution is -0.393. The molecular weight excluding hydrogens is 280 g/mol. The van der Waals surface area contributed by atoms with Crippen LogP contribution in [-0.4, -0.2) is 38.5 Å². The van der Waals surface area contributed by atoms with Gasteiger partial charge >= 0.3 is 5.95 Å². The second kappa shape index (κ2) is 6.56. The van der Waals surface area contributed by atoms with E-state index in [2.05, 4.69) is 31.2 Å². The van der Waals surface area contributed by atoms with Crippen LogP contribution >= 0.6 is 15.9 Å². The van der Waals surface area contributed by atoms with E-state index in [1.54, 1.807) is 0 Å². The van der Waals surface area contributed by atoms with E-state index in [0.29, 0.717) is 24.4 Å². The molecule has 16 heavy (non-hydrogen) atoms. The third-order valence-corrected chi connectivity index (χ3v) is 2.34. The highest BCUT2D eigenvalue weighted by Gasteiger charge is 2.18. The number of H-pyrrole nitrogens is 1. The number of hydrogen-bond donors (Lipinski definition) is 3. The number of hydrogen-bond acceptors (Lipinski definition) is 5. The summed E-state index contributed by atoms with van der Waals surface area (Å²) in [4.78, 5) is 16.4. The average molecular weight is 293 g/mol. The van der Waals surface area contributed by atoms with Gasteiger partial charge in [0.05, 0.1) is 13.2 Å². The fourth-order valence-corrected chi connectivity index (χ4v) is 1.54. The molecule has 0 spiro atoms. The van der Waals surface area contributed by atoms with E-state index in [1.807, 2.05) is 0 Å². The molecule has 1 aromatic rings. The molecular formula is C8H13BrN4O3. The van der Waals surface area contributed by atoms with Crippen molar-refractivity contribution in [3.63, 3.8) is 0 Å². The second-order valence-electron chi connectivity index (χ2n) is 3.08. The number of nitrogens with zero attached hydrogens (tertiary/aromatic N) is 2. The minimum absolute atomic E-state index is 0.0759. The van der Waals surface area contributed by atoms with Crippen LogP contribution < -0.4 is 5.32 Å². The second-order valence-corrected chi connectivity index (χ2v) is 3.88. The molecule has 0 aromatic carbocycles. The molecule has 0 radical (unpaired) electrons. The Bertz CT molecular complexity index is 355. The van der Waals surface area contributed by atoms with Crippen molar-refractivity contribution < 1.29 is 10.0 Å². The number of aliphatic hydroxyl groups excluding tert-OH is 1. The molecule has 1 aromatic heterocycles. The molecule has 1 heterocycles. The summed E-state index contributed by atoms with van der Waals surface area (Å²) < 4.78 is 0. The van der Waals surface area contributed by atoms with Gasteiger partial charge in [0.2, 0.25) is 0 Å². The van der Waals surface area contributed by atoms with Crippen LogP contribution in [0.1, 0.15) is 11.4 Å². The molecule has 0 amide bonds. The van der Waals surface area contributed by atoms with E-state index < -0.39 is 4.92 Å². The van der Waals surface area contributed by atoms with E-state index in [0.717, 1.165) is 11.9 Å². The number of aromatic nitrogens is 2. The SMILES string of the molecule is O=[N+]([O-])c1nc(CCO)c(CNCCBr)[nH]1. The van der Waals surface area contributed by atoms with Crippen LogP contribution in [0, 0.1) is 10.1 Å². The fraction of sp³-hybridized carbons (Fsp3) is 0.625. The molecule has 8 heteroatoms. The first-order valence-corrected chi connectivity index (χ1v) is 5.91. The smallest absolute Gasteiger partial charge is 0.396 e. The number of imidazole rings is 1. The van der Waals surface area contributed by atoms with Crippen LogP contribution in [0.2, 0.25) is 0 Å². The van der Waals surface area contributed by atoms with Crippen molar-refractivity contribution in [2.45, 2.75) is 13.0 Å². The van der Waals surface area contributed by atoms with Gasteiger partial charge in [-0.25, -0.2) is 4.98 Å². The number of aliphatic hydroxyl groups is 1. The number of alkyl halides is 1. The summed E-state index contributed by atoms with van der Waals surface area (Å²) in [6.07, 6.45) is 0.315. The number of aromatic amines is 1. The minimum Gasteiger partial charge on any atom is -0.396 e. The van der Waals surface area contributed by atoms with Gasteiger partial charge in [0, 0.05) is 18.3 Å². The van der Waals surface area contributed by atoms with Gasteiger partial charge in [-0.2, -0.15) is 0 Å². The van der Waals surface area contributed by atoms with Crippen molar-refractivity contribution in [1.29, 1.82) is 0 Å². The van der Waals surface area contributed by atoms with Gasteiger partial charge in [-0.3, -0.25) is 0 Å². The maximum Gasteiger partial charge on any atom is 0.432 e. The van der Waals surface area contributed by atoms with E-state index in [-0.39, 0.29) is 12.6 Å². The van der Waals surface area contributed by atoms with Crippen LogP contribution in [0.5, 0.6) is 0 Å². The molecule has 0 atom stereocenters. The Morgan fingerprint density at radius 2 is 2.38 bits per heavy atom. The summed E-state index contributed by atoms with van der Waals surface area (Å²) in [5.41, 5.74) is 1.19. The predicted molar refractivity (Wildman–Crippen MR) is 61.5 cm³/mol. The fourth-order valence-electron chi connectivity index (χ4n) is 1.26. The Morgan fingerprint density at radius 3 is 2.94 bits per heavy atom. The van der Waals surface area contributed by atoms with Gasteiger partial charge in [0.25, 0.3) is 0 Å². The quantitative estimate of drug-likeness (QED) is 0.291. The van der Waals surface area contributed by atoms with E-state index in [9.17, 15) is 10.1 Å². The topological polar surface area (TPSA) is 104 Å². The van der Waals surface area contributed by atoms with Crippen LogP contribution in [-0.2, 0) is 13.0 Å². The molecule has 3 N–H and O–H groups in total. The van der Waals surface area contributed by atoms with E-state index >= 15 is 0 Å². The zero-order valence-electron chi connectivity index (χ0n) is 8.57. The first-order valence-electron chi connectivity index (χ1n) is 4.78. The zero-order chi connectivity index (χ0) is 12.0. The van der Waals surface area contributed by atoms with Crippen LogP contribution in [0.25, 0.3) is 0 Å². The zero-order valence-corrected chi connectivity index (χ0v) is 10.2. The molecule has 0 bridgehead atoms. The number of rotatable bonds is 7. The molecule has 0 fully saturated rings. The Hall–Kier alpha value is -0.990. The molecule has 90 valence electrons. The van der Waals surface area contributed by atoms with E-state index in [1.165, 1.54) is 0 Å². The lowest BCUT2D eigenvalue weighted by Crippen LogP contribution is -2.17. The van der Waals surface area contributed by atoms with E-state index in [4.69, 9.17) is 5.11 Å². The molecule has 0 aliphatic carbocycles. The Morgan fingerprint density at radius 1 is 1.62 bits per heavy atom. The summed E-state index contributed by atoms with van der Waals surface area (Å²) in [5.74, 6) is -0.279. The average Bonchev–Trinajstić information content (AvgIpc) is 2.63. The summed E-state index contributed by atoms with van der Waals surface area (Å²) in [6, 6.07) is 0. The molecule has 0 aliphatic rings. The monoisotopic (exact) mass is 292 g/mol. The Labute approximate surface area is 101 Å². The normalized spacial score (nSPS) is 10.6. The summed E-state index contributed by atoms with van der Waals surface area (Å²) in [5, 5.41) is 23.2. The van der Waals surface area contributed by atoms with Crippen molar-refractivity contribution in [1.82, 2.24) is 15.3 Å². The number of nitrogens with one attached hydrogen (secondary N) is 2. The highest BCUT2D eigenvalue weighted by molar-refractivity contribution is 9.09. The summed E-state index contributed by atoms with van der Waals surface area (Å²) in [7, 11) is 0. The third kappa shape index (κ3) is 3.54. The van der Waals surface area contributed by atoms with Gasteiger partial charge in [-0.15, -0.1) is 0 Å². The Kier molecular flexibility index (Phi) is 5.36. The lowest BCUT2D eigenvalue weighted by atomic mass is 10.2. The van der Waals surface area contributed by atoms with Crippen molar-refractivity contribution in [3.05, 3.63) is 21.5 Å². The maximum absolute atomic E-state index is 10.5. The molecule has 1 rings (SSSR count). The van der Waals surface area contributed by atoms with Gasteiger partial charge in [0.1, 0.15) is 5.69 Å². The molecule has 7 nitrogen and oxygen atoms in total. The molecule has 0 aliphatic heterocycles. The van der Waals surface area contributed by atoms with Gasteiger partial charge in [0.15, 0.2) is 5.69 Å². The number of halogens is 1. The van der Waals surface area contributed by atoms with Crippen LogP contribution in [0.3, 0.4) is 0 Å². The van der Waals surface area contributed by atoms with Crippen molar-refractivity contribution in [3.8, 4) is 0 Å². The maximum atomic E-state index is 10.5. The van der Waals surface area contributed by atoms with Crippen LogP contribution in [0.15, 0.2) is 0 Å². The first-order chi connectivity index (χ1) is 7.69. The van der Waals surface area contributed by atoms with Crippen molar-refractivity contribution in [2.75, 3.05) is 18.5 Å². The largest absolute Gasteiger partial charge is 0.432 e. The third-order valence-electron chi connectivity index (χ3n) is 1.95. The van der Waals surface area contributed by atoms with Crippen molar-refractivity contribution in [2.24, 2.45) is 0 Å². The highest BCUT2D eigenvalue weighted by Crippen LogP contribution is 2.12. The minimum atomic E-state index is -0.575. The summed E-state index contributed by atoms with van der Waals surface area (Å²) >= 11 is 3.26. The Balaban J connectivity index is 2.74. The number of nitro groups is 1. The molecule has 0 saturated heterocycles. The van der Waals surface area contributed by atoms with Crippen molar-refractivity contribution >= 4 is 21.9 Å². The van der Waals surface area contributed by atoms with Crippen LogP contribution in [0.4, 0.5) is 5.95 Å². The first kappa shape index (κ1) is 13.1. The lowest BCUT2D eigenvalue weighted by Gasteiger charge is -1.98. The predicted octanol–water partition coefficient (Wildman–Crippen LogP) is 0.337.